The monoisotopic (exact) mass is 483 g/mol. The van der Waals surface area contributed by atoms with Crippen molar-refractivity contribution in [1.82, 2.24) is 5.32 Å². The molecule has 36 heavy (non-hydrogen) atoms. The Morgan fingerprint density at radius 3 is 2.53 bits per heavy atom. The van der Waals surface area contributed by atoms with E-state index in [9.17, 15) is 4.79 Å². The molecule has 4 rings (SSSR count). The van der Waals surface area contributed by atoms with Crippen LogP contribution in [0.1, 0.15) is 38.3 Å². The molecule has 0 fully saturated rings. The number of fused-ring (bicyclic) bond motifs is 1. The highest BCUT2D eigenvalue weighted by Gasteiger charge is 2.16. The van der Waals surface area contributed by atoms with Crippen molar-refractivity contribution in [2.45, 2.75) is 39.7 Å². The number of carbonyl (C=O) groups is 1. The van der Waals surface area contributed by atoms with E-state index in [1.54, 1.807) is 19.4 Å². The number of methoxy groups -OCH3 is 1. The van der Waals surface area contributed by atoms with Crippen LogP contribution >= 0.6 is 0 Å². The molecular formula is C31H33NO4. The van der Waals surface area contributed by atoms with E-state index in [0.717, 1.165) is 51.8 Å². The summed E-state index contributed by atoms with van der Waals surface area (Å²) in [5, 5.41) is 4.06. The highest BCUT2D eigenvalue weighted by Crippen LogP contribution is 2.38. The Hall–Kier alpha value is -3.99. The molecule has 3 aromatic carbocycles. The lowest BCUT2D eigenvalue weighted by Crippen LogP contribution is -2.31. The number of nitrogens with one attached hydrogen (secondary N) is 1. The second-order valence-corrected chi connectivity index (χ2v) is 8.92. The maximum absolute atomic E-state index is 12.8. The lowest BCUT2D eigenvalue weighted by molar-refractivity contribution is -0.117. The zero-order valence-corrected chi connectivity index (χ0v) is 21.3. The van der Waals surface area contributed by atoms with E-state index in [1.165, 1.54) is 5.56 Å². The molecule has 1 atom stereocenters. The Bertz CT molecular complexity index is 1340. The second-order valence-electron chi connectivity index (χ2n) is 8.92. The van der Waals surface area contributed by atoms with Crippen LogP contribution in [0.4, 0.5) is 0 Å². The molecule has 5 heteroatoms. The van der Waals surface area contributed by atoms with Crippen LogP contribution in [0.5, 0.6) is 11.5 Å². The van der Waals surface area contributed by atoms with Gasteiger partial charge in [0, 0.05) is 34.7 Å². The minimum absolute atomic E-state index is 0.0612. The van der Waals surface area contributed by atoms with E-state index in [0.29, 0.717) is 12.4 Å². The van der Waals surface area contributed by atoms with Gasteiger partial charge in [-0.3, -0.25) is 4.79 Å². The van der Waals surface area contributed by atoms with E-state index in [1.807, 2.05) is 75.4 Å². The predicted octanol–water partition coefficient (Wildman–Crippen LogP) is 7.05. The highest BCUT2D eigenvalue weighted by molar-refractivity contribution is 6.00. The van der Waals surface area contributed by atoms with Crippen molar-refractivity contribution in [1.29, 1.82) is 0 Å². The van der Waals surface area contributed by atoms with Gasteiger partial charge in [0.15, 0.2) is 0 Å². The number of hydrogen-bond donors (Lipinski definition) is 1. The van der Waals surface area contributed by atoms with Gasteiger partial charge in [-0.05, 0) is 68.5 Å². The smallest absolute Gasteiger partial charge is 0.244 e. The van der Waals surface area contributed by atoms with E-state index < -0.39 is 0 Å². The van der Waals surface area contributed by atoms with Crippen molar-refractivity contribution in [2.75, 3.05) is 13.7 Å². The minimum atomic E-state index is -0.113. The number of carbonyl (C=O) groups excluding carboxylic acids is 1. The lowest BCUT2D eigenvalue weighted by atomic mass is 9.99. The molecule has 1 aromatic heterocycles. The Morgan fingerprint density at radius 1 is 1.08 bits per heavy atom. The molecule has 1 amide bonds. The van der Waals surface area contributed by atoms with Gasteiger partial charge in [-0.2, -0.15) is 0 Å². The Balaban J connectivity index is 1.56. The molecule has 1 unspecified atom stereocenters. The molecule has 0 aliphatic rings. The zero-order valence-electron chi connectivity index (χ0n) is 21.3. The third-order valence-electron chi connectivity index (χ3n) is 6.25. The number of rotatable bonds is 10. The molecule has 4 aromatic rings. The number of aryl methyl sites for hydroxylation is 1. The first-order valence-corrected chi connectivity index (χ1v) is 12.3. The summed E-state index contributed by atoms with van der Waals surface area (Å²) in [6.45, 7) is 6.43. The molecule has 1 N–H and O–H groups in total. The number of hydrogen-bond acceptors (Lipinski definition) is 4. The first kappa shape index (κ1) is 25.1. The maximum Gasteiger partial charge on any atom is 0.244 e. The highest BCUT2D eigenvalue weighted by atomic mass is 16.5. The molecule has 0 bridgehead atoms. The third kappa shape index (κ3) is 5.98. The number of benzene rings is 3. The summed E-state index contributed by atoms with van der Waals surface area (Å²) in [5.74, 6) is 1.38. The molecule has 0 aliphatic carbocycles. The average Bonchev–Trinajstić information content (AvgIpc) is 3.30. The van der Waals surface area contributed by atoms with Crippen molar-refractivity contribution >= 4 is 22.4 Å². The predicted molar refractivity (Wildman–Crippen MR) is 145 cm³/mol. The van der Waals surface area contributed by atoms with Crippen molar-refractivity contribution < 1.29 is 18.7 Å². The summed E-state index contributed by atoms with van der Waals surface area (Å²) in [6.07, 6.45) is 5.20. The van der Waals surface area contributed by atoms with Crippen molar-refractivity contribution in [3.05, 3.63) is 90.2 Å². The standard InChI is InChI=1S/C31H33NO4/c1-5-35-29-19-30-27(28(20-36-30)24-13-15-25(34-4)16-14-24)18-26(29)21(2)17-31(33)32-22(3)11-12-23-9-7-6-8-10-23/h6-10,13-20,22H,5,11-12H2,1-4H3,(H,32,33)/b21-17+. The summed E-state index contributed by atoms with van der Waals surface area (Å²) >= 11 is 0. The van der Waals surface area contributed by atoms with Crippen LogP contribution in [0.15, 0.2) is 83.5 Å². The number of amides is 1. The molecule has 0 radical (unpaired) electrons. The normalized spacial score (nSPS) is 12.4. The van der Waals surface area contributed by atoms with Crippen LogP contribution in [0.2, 0.25) is 0 Å². The summed E-state index contributed by atoms with van der Waals surface area (Å²) in [6, 6.07) is 22.2. The largest absolute Gasteiger partial charge is 0.497 e. The fraction of sp³-hybridized carbons (Fsp3) is 0.258. The molecule has 0 saturated heterocycles. The maximum atomic E-state index is 12.8. The Kier molecular flexibility index (Phi) is 8.11. The van der Waals surface area contributed by atoms with Crippen molar-refractivity contribution in [3.8, 4) is 22.6 Å². The van der Waals surface area contributed by atoms with E-state index >= 15 is 0 Å². The van der Waals surface area contributed by atoms with E-state index in [-0.39, 0.29) is 11.9 Å². The number of furan rings is 1. The van der Waals surface area contributed by atoms with E-state index in [4.69, 9.17) is 13.9 Å². The summed E-state index contributed by atoms with van der Waals surface area (Å²) in [7, 11) is 1.65. The van der Waals surface area contributed by atoms with Gasteiger partial charge in [0.1, 0.15) is 17.1 Å². The van der Waals surface area contributed by atoms with Gasteiger partial charge in [0.25, 0.3) is 0 Å². The van der Waals surface area contributed by atoms with Gasteiger partial charge in [-0.1, -0.05) is 42.5 Å². The second kappa shape index (κ2) is 11.6. The molecular weight excluding hydrogens is 450 g/mol. The first-order valence-electron chi connectivity index (χ1n) is 12.3. The van der Waals surface area contributed by atoms with Crippen LogP contribution in [0.25, 0.3) is 27.7 Å². The van der Waals surface area contributed by atoms with Gasteiger partial charge >= 0.3 is 0 Å². The van der Waals surface area contributed by atoms with Crippen molar-refractivity contribution in [2.24, 2.45) is 0 Å². The topological polar surface area (TPSA) is 60.7 Å². The van der Waals surface area contributed by atoms with Crippen LogP contribution in [-0.2, 0) is 11.2 Å². The Labute approximate surface area is 212 Å². The first-order chi connectivity index (χ1) is 17.5. The summed E-state index contributed by atoms with van der Waals surface area (Å²) in [5.41, 5.74) is 5.70. The quantitative estimate of drug-likeness (QED) is 0.246. The SMILES string of the molecule is CCOc1cc2occ(-c3ccc(OC)cc3)c2cc1/C(C)=C/C(=O)NC(C)CCc1ccccc1. The Morgan fingerprint density at radius 2 is 1.83 bits per heavy atom. The van der Waals surface area contributed by atoms with Crippen LogP contribution in [0, 0.1) is 0 Å². The average molecular weight is 484 g/mol. The van der Waals surface area contributed by atoms with Gasteiger partial charge < -0.3 is 19.2 Å². The molecule has 0 aliphatic heterocycles. The minimum Gasteiger partial charge on any atom is -0.497 e. The molecule has 5 nitrogen and oxygen atoms in total. The third-order valence-corrected chi connectivity index (χ3v) is 6.25. The molecule has 186 valence electrons. The molecule has 0 saturated carbocycles. The lowest BCUT2D eigenvalue weighted by Gasteiger charge is -2.14. The van der Waals surface area contributed by atoms with E-state index in [2.05, 4.69) is 17.4 Å². The number of allylic oxidation sites excluding steroid dienone is 1. The van der Waals surface area contributed by atoms with Crippen LogP contribution in [-0.4, -0.2) is 25.7 Å². The van der Waals surface area contributed by atoms with Gasteiger partial charge in [-0.25, -0.2) is 0 Å². The van der Waals surface area contributed by atoms with Crippen LogP contribution < -0.4 is 14.8 Å². The molecule has 1 heterocycles. The number of ether oxygens (including phenoxy) is 2. The fourth-order valence-electron chi connectivity index (χ4n) is 4.29. The van der Waals surface area contributed by atoms with Crippen LogP contribution in [0.3, 0.4) is 0 Å². The summed E-state index contributed by atoms with van der Waals surface area (Å²) in [4.78, 5) is 12.8. The van der Waals surface area contributed by atoms with Gasteiger partial charge in [0.2, 0.25) is 5.91 Å². The molecule has 0 spiro atoms. The van der Waals surface area contributed by atoms with Crippen molar-refractivity contribution in [3.63, 3.8) is 0 Å². The fourth-order valence-corrected chi connectivity index (χ4v) is 4.29. The van der Waals surface area contributed by atoms with Gasteiger partial charge in [-0.15, -0.1) is 0 Å². The van der Waals surface area contributed by atoms with Gasteiger partial charge in [0.05, 0.1) is 20.0 Å². The zero-order chi connectivity index (χ0) is 25.5. The summed E-state index contributed by atoms with van der Waals surface area (Å²) < 4.78 is 17.1.